The summed E-state index contributed by atoms with van der Waals surface area (Å²) >= 11 is 9.75. The summed E-state index contributed by atoms with van der Waals surface area (Å²) in [5.74, 6) is 0. The summed E-state index contributed by atoms with van der Waals surface area (Å²) in [4.78, 5) is 8.30. The minimum absolute atomic E-state index is 0. The van der Waals surface area contributed by atoms with Crippen LogP contribution in [-0.4, -0.2) is 45.7 Å². The van der Waals surface area contributed by atoms with Gasteiger partial charge in [0.2, 0.25) is 0 Å². The minimum atomic E-state index is 0. The van der Waals surface area contributed by atoms with Crippen molar-refractivity contribution in [3.63, 3.8) is 0 Å². The number of hydrogen-bond acceptors (Lipinski definition) is 6. The number of thiocarbonyl (C=S) groups is 2. The Balaban J connectivity index is 0.000000523. The Morgan fingerprint density at radius 3 is 1.41 bits per heavy atom. The summed E-state index contributed by atoms with van der Waals surface area (Å²) in [7, 11) is 3.47. The topological polar surface area (TPSA) is 98.6 Å². The number of hydrazone groups is 2. The van der Waals surface area contributed by atoms with E-state index >= 15 is 0 Å². The number of hydrogen-bond donors (Lipinski definition) is 4. The van der Waals surface area contributed by atoms with Gasteiger partial charge in [0.15, 0.2) is 10.2 Å². The zero-order valence-electron chi connectivity index (χ0n) is 16.6. The maximum absolute atomic E-state index is 4.87. The van der Waals surface area contributed by atoms with E-state index in [0.717, 1.165) is 22.8 Å². The second-order valence-corrected chi connectivity index (χ2v) is 6.02. The van der Waals surface area contributed by atoms with Crippen LogP contribution < -0.4 is 21.5 Å². The molecular weight excluding hydrogens is 447 g/mol. The molecule has 0 fully saturated rings. The molecule has 0 unspecified atom stereocenters. The smallest absolute Gasteiger partial charge is 0.364 e. The molecule has 2 aromatic heterocycles. The van der Waals surface area contributed by atoms with E-state index in [1.807, 2.05) is 50.2 Å². The van der Waals surface area contributed by atoms with Crippen LogP contribution in [0.2, 0.25) is 0 Å². The first-order valence-corrected chi connectivity index (χ1v) is 9.16. The van der Waals surface area contributed by atoms with Gasteiger partial charge in [0.1, 0.15) is 0 Å². The molecule has 2 aromatic rings. The first-order chi connectivity index (χ1) is 13.5. The molecule has 29 heavy (non-hydrogen) atoms. The van der Waals surface area contributed by atoms with Gasteiger partial charge in [-0.1, -0.05) is 12.1 Å². The molecule has 2 rings (SSSR count). The van der Waals surface area contributed by atoms with Gasteiger partial charge in [0.05, 0.1) is 22.8 Å². The molecular formula is C18H24MnN8S2+2. The molecule has 2 heterocycles. The third kappa shape index (κ3) is 11.2. The molecule has 0 bridgehead atoms. The average Bonchev–Trinajstić information content (AvgIpc) is 2.76. The summed E-state index contributed by atoms with van der Waals surface area (Å²) in [5, 5.41) is 14.6. The SMILES string of the molecule is CNC(=S)N/N=C(\C)c1ccccn1.CNC(=S)N/N=C(\C)c1ccccn1.[Mn+2]. The summed E-state index contributed by atoms with van der Waals surface area (Å²) in [6.07, 6.45) is 3.45. The van der Waals surface area contributed by atoms with E-state index in [1.165, 1.54) is 0 Å². The van der Waals surface area contributed by atoms with Gasteiger partial charge in [-0.15, -0.1) is 0 Å². The molecule has 0 atom stereocenters. The molecule has 11 heteroatoms. The second kappa shape index (κ2) is 15.5. The van der Waals surface area contributed by atoms with Gasteiger partial charge in [-0.2, -0.15) is 10.2 Å². The molecule has 0 aliphatic heterocycles. The van der Waals surface area contributed by atoms with Crippen molar-refractivity contribution >= 4 is 46.1 Å². The fourth-order valence-corrected chi connectivity index (χ4v) is 1.74. The first kappa shape index (κ1) is 26.5. The second-order valence-electron chi connectivity index (χ2n) is 5.21. The van der Waals surface area contributed by atoms with Crippen molar-refractivity contribution in [2.75, 3.05) is 14.1 Å². The van der Waals surface area contributed by atoms with E-state index in [0.29, 0.717) is 10.2 Å². The Labute approximate surface area is 192 Å². The van der Waals surface area contributed by atoms with Gasteiger partial charge in [0, 0.05) is 26.5 Å². The van der Waals surface area contributed by atoms with Crippen molar-refractivity contribution in [3.8, 4) is 0 Å². The summed E-state index contributed by atoms with van der Waals surface area (Å²) in [5.41, 5.74) is 8.65. The van der Waals surface area contributed by atoms with E-state index in [2.05, 4.69) is 41.7 Å². The van der Waals surface area contributed by atoms with Crippen LogP contribution >= 0.6 is 24.4 Å². The Kier molecular flexibility index (Phi) is 14.1. The zero-order chi connectivity index (χ0) is 20.8. The standard InChI is InChI=1S/2C9H12N4S.Mn/c2*1-7(12-13-9(14)10-2)8-5-3-4-6-11-8;/h2*3-6H,1-2H3,(H2,10,13,14);/q;;+2/b2*12-7+;. The summed E-state index contributed by atoms with van der Waals surface area (Å²) in [6, 6.07) is 11.3. The Hall–Kier alpha value is -2.46. The molecule has 0 aromatic carbocycles. The summed E-state index contributed by atoms with van der Waals surface area (Å²) in [6.45, 7) is 3.74. The van der Waals surface area contributed by atoms with E-state index in [1.54, 1.807) is 26.5 Å². The van der Waals surface area contributed by atoms with Crippen LogP contribution in [0.25, 0.3) is 0 Å². The molecule has 153 valence electrons. The van der Waals surface area contributed by atoms with Crippen molar-refractivity contribution in [1.82, 2.24) is 31.5 Å². The molecule has 0 aliphatic carbocycles. The minimum Gasteiger partial charge on any atom is -0.364 e. The third-order valence-corrected chi connectivity index (χ3v) is 3.77. The number of nitrogens with zero attached hydrogens (tertiary/aromatic N) is 4. The van der Waals surface area contributed by atoms with Gasteiger partial charge in [-0.3, -0.25) is 20.8 Å². The van der Waals surface area contributed by atoms with Crippen LogP contribution in [0.15, 0.2) is 59.0 Å². The van der Waals surface area contributed by atoms with Crippen molar-refractivity contribution in [1.29, 1.82) is 0 Å². The molecule has 0 saturated heterocycles. The normalized spacial score (nSPS) is 10.5. The molecule has 1 radical (unpaired) electrons. The predicted octanol–water partition coefficient (Wildman–Crippen LogP) is 1.80. The largest absolute Gasteiger partial charge is 2.00 e. The fourth-order valence-electron chi connectivity index (χ4n) is 1.65. The number of nitrogens with one attached hydrogen (secondary N) is 4. The summed E-state index contributed by atoms with van der Waals surface area (Å²) < 4.78 is 0. The van der Waals surface area contributed by atoms with Crippen LogP contribution in [0.1, 0.15) is 25.2 Å². The maximum atomic E-state index is 4.87. The molecule has 0 spiro atoms. The quantitative estimate of drug-likeness (QED) is 0.232. The average molecular weight is 472 g/mol. The van der Waals surface area contributed by atoms with Crippen LogP contribution in [-0.2, 0) is 17.1 Å². The number of pyridine rings is 2. The first-order valence-electron chi connectivity index (χ1n) is 8.34. The van der Waals surface area contributed by atoms with E-state index < -0.39 is 0 Å². The van der Waals surface area contributed by atoms with Gasteiger partial charge in [-0.25, -0.2) is 0 Å². The molecule has 0 aliphatic rings. The Bertz CT molecular complexity index is 744. The fraction of sp³-hybridized carbons (Fsp3) is 0.222. The monoisotopic (exact) mass is 471 g/mol. The van der Waals surface area contributed by atoms with Gasteiger partial charge < -0.3 is 10.6 Å². The number of rotatable bonds is 4. The molecule has 8 nitrogen and oxygen atoms in total. The zero-order valence-corrected chi connectivity index (χ0v) is 19.4. The van der Waals surface area contributed by atoms with Crippen molar-refractivity contribution in [2.24, 2.45) is 10.2 Å². The van der Waals surface area contributed by atoms with Gasteiger partial charge >= 0.3 is 17.1 Å². The van der Waals surface area contributed by atoms with Crippen LogP contribution in [0.5, 0.6) is 0 Å². The Morgan fingerprint density at radius 1 is 0.759 bits per heavy atom. The van der Waals surface area contributed by atoms with Crippen LogP contribution in [0.3, 0.4) is 0 Å². The Morgan fingerprint density at radius 2 is 1.14 bits per heavy atom. The van der Waals surface area contributed by atoms with E-state index in [9.17, 15) is 0 Å². The van der Waals surface area contributed by atoms with E-state index in [-0.39, 0.29) is 17.1 Å². The van der Waals surface area contributed by atoms with Crippen molar-refractivity contribution in [2.45, 2.75) is 13.8 Å². The molecule has 0 saturated carbocycles. The van der Waals surface area contributed by atoms with Gasteiger partial charge in [-0.05, 0) is 62.5 Å². The molecule has 4 N–H and O–H groups in total. The van der Waals surface area contributed by atoms with Crippen molar-refractivity contribution in [3.05, 3.63) is 60.2 Å². The predicted molar refractivity (Wildman–Crippen MR) is 122 cm³/mol. The van der Waals surface area contributed by atoms with Crippen molar-refractivity contribution < 1.29 is 17.1 Å². The van der Waals surface area contributed by atoms with Crippen LogP contribution in [0.4, 0.5) is 0 Å². The van der Waals surface area contributed by atoms with Crippen LogP contribution in [0, 0.1) is 0 Å². The number of aromatic nitrogens is 2. The van der Waals surface area contributed by atoms with Gasteiger partial charge in [0.25, 0.3) is 0 Å². The maximum Gasteiger partial charge on any atom is 2.00 e. The van der Waals surface area contributed by atoms with E-state index in [4.69, 9.17) is 24.4 Å². The third-order valence-electron chi connectivity index (χ3n) is 3.18. The molecule has 0 amide bonds.